The highest BCUT2D eigenvalue weighted by Crippen LogP contribution is 2.38. The lowest BCUT2D eigenvalue weighted by Gasteiger charge is -2.37. The van der Waals surface area contributed by atoms with Crippen molar-refractivity contribution in [3.63, 3.8) is 0 Å². The molecule has 0 spiro atoms. The van der Waals surface area contributed by atoms with Gasteiger partial charge in [-0.2, -0.15) is 0 Å². The fourth-order valence-corrected chi connectivity index (χ4v) is 4.37. The Bertz CT molecular complexity index is 966. The molecule has 0 bridgehead atoms. The quantitative estimate of drug-likeness (QED) is 0.372. The third-order valence-corrected chi connectivity index (χ3v) is 6.25. The molecule has 2 aliphatic heterocycles. The SMILES string of the molecule is COc1cc(C(=O)OCCCN2CCN(CC3COc4ccccc4O3)CC2)cc(OC)c1OC. The van der Waals surface area contributed by atoms with Crippen LogP contribution in [0.2, 0.25) is 0 Å². The Hall–Kier alpha value is -3.17. The summed E-state index contributed by atoms with van der Waals surface area (Å²) in [5, 5.41) is 0. The second-order valence-electron chi connectivity index (χ2n) is 8.54. The first-order valence-electron chi connectivity index (χ1n) is 11.9. The Morgan fingerprint density at radius 2 is 1.60 bits per heavy atom. The van der Waals surface area contributed by atoms with E-state index in [0.717, 1.165) is 57.2 Å². The zero-order valence-electron chi connectivity index (χ0n) is 20.7. The van der Waals surface area contributed by atoms with Crippen LogP contribution in [-0.2, 0) is 4.74 Å². The van der Waals surface area contributed by atoms with Crippen molar-refractivity contribution in [1.29, 1.82) is 0 Å². The van der Waals surface area contributed by atoms with Crippen LogP contribution in [0.4, 0.5) is 0 Å². The molecule has 0 radical (unpaired) electrons. The van der Waals surface area contributed by atoms with Crippen LogP contribution in [0.1, 0.15) is 16.8 Å². The number of hydrogen-bond donors (Lipinski definition) is 0. The van der Waals surface area contributed by atoms with E-state index in [9.17, 15) is 4.79 Å². The van der Waals surface area contributed by atoms with E-state index in [1.54, 1.807) is 12.1 Å². The molecule has 0 aromatic heterocycles. The van der Waals surface area contributed by atoms with Crippen molar-refractivity contribution in [1.82, 2.24) is 9.80 Å². The first-order valence-corrected chi connectivity index (χ1v) is 11.9. The molecular formula is C26H34N2O7. The van der Waals surface area contributed by atoms with Gasteiger partial charge >= 0.3 is 5.97 Å². The number of nitrogens with zero attached hydrogens (tertiary/aromatic N) is 2. The molecule has 9 nitrogen and oxygen atoms in total. The Balaban J connectivity index is 1.16. The Morgan fingerprint density at radius 1 is 0.943 bits per heavy atom. The minimum absolute atomic E-state index is 0.0473. The van der Waals surface area contributed by atoms with Gasteiger partial charge in [0.25, 0.3) is 0 Å². The molecule has 1 saturated heterocycles. The number of hydrogen-bond acceptors (Lipinski definition) is 9. The Morgan fingerprint density at radius 3 is 2.26 bits per heavy atom. The zero-order valence-corrected chi connectivity index (χ0v) is 20.7. The third kappa shape index (κ3) is 6.29. The summed E-state index contributed by atoms with van der Waals surface area (Å²) in [5.74, 6) is 2.52. The molecule has 4 rings (SSSR count). The van der Waals surface area contributed by atoms with E-state index in [4.69, 9.17) is 28.4 Å². The van der Waals surface area contributed by atoms with E-state index in [1.807, 2.05) is 24.3 Å². The maximum absolute atomic E-state index is 12.5. The van der Waals surface area contributed by atoms with E-state index < -0.39 is 5.97 Å². The molecule has 9 heteroatoms. The molecule has 1 unspecified atom stereocenters. The van der Waals surface area contributed by atoms with Gasteiger partial charge in [-0.05, 0) is 30.7 Å². The molecule has 1 atom stereocenters. The number of esters is 1. The maximum atomic E-state index is 12.5. The van der Waals surface area contributed by atoms with Crippen LogP contribution >= 0.6 is 0 Å². The number of para-hydroxylation sites is 2. The second kappa shape index (κ2) is 12.0. The van der Waals surface area contributed by atoms with Crippen LogP contribution in [0.3, 0.4) is 0 Å². The lowest BCUT2D eigenvalue weighted by molar-refractivity contribution is 0.0365. The topological polar surface area (TPSA) is 78.9 Å². The molecule has 1 fully saturated rings. The van der Waals surface area contributed by atoms with Crippen LogP contribution in [-0.4, -0.2) is 95.7 Å². The Kier molecular flexibility index (Phi) is 8.54. The van der Waals surface area contributed by atoms with Crippen LogP contribution < -0.4 is 23.7 Å². The first-order chi connectivity index (χ1) is 17.1. The third-order valence-electron chi connectivity index (χ3n) is 6.25. The minimum Gasteiger partial charge on any atom is -0.493 e. The van der Waals surface area contributed by atoms with Crippen LogP contribution in [0.25, 0.3) is 0 Å². The van der Waals surface area contributed by atoms with Crippen molar-refractivity contribution < 1.29 is 33.2 Å². The second-order valence-corrected chi connectivity index (χ2v) is 8.54. The van der Waals surface area contributed by atoms with E-state index in [-0.39, 0.29) is 6.10 Å². The average molecular weight is 487 g/mol. The molecule has 2 heterocycles. The number of carbonyl (C=O) groups excluding carboxylic acids is 1. The molecule has 0 saturated carbocycles. The predicted molar refractivity (Wildman–Crippen MR) is 130 cm³/mol. The molecule has 190 valence electrons. The van der Waals surface area contributed by atoms with E-state index in [0.29, 0.717) is 36.0 Å². The van der Waals surface area contributed by atoms with Crippen molar-refractivity contribution in [2.75, 3.05) is 73.8 Å². The highest BCUT2D eigenvalue weighted by atomic mass is 16.6. The molecular weight excluding hydrogens is 452 g/mol. The molecule has 35 heavy (non-hydrogen) atoms. The molecule has 0 aliphatic carbocycles. The highest BCUT2D eigenvalue weighted by molar-refractivity contribution is 5.91. The molecule has 0 N–H and O–H groups in total. The van der Waals surface area contributed by atoms with Gasteiger partial charge in [-0.25, -0.2) is 4.79 Å². The minimum atomic E-state index is -0.412. The van der Waals surface area contributed by atoms with Crippen molar-refractivity contribution in [2.45, 2.75) is 12.5 Å². The number of rotatable bonds is 10. The molecule has 0 amide bonds. The maximum Gasteiger partial charge on any atom is 0.338 e. The van der Waals surface area contributed by atoms with Crippen LogP contribution in [0.5, 0.6) is 28.7 Å². The van der Waals surface area contributed by atoms with Crippen molar-refractivity contribution >= 4 is 5.97 Å². The summed E-state index contributed by atoms with van der Waals surface area (Å²) in [6.07, 6.45) is 0.818. The van der Waals surface area contributed by atoms with Gasteiger partial charge in [-0.3, -0.25) is 4.90 Å². The van der Waals surface area contributed by atoms with Gasteiger partial charge in [0.05, 0.1) is 33.5 Å². The van der Waals surface area contributed by atoms with E-state index in [2.05, 4.69) is 9.80 Å². The summed E-state index contributed by atoms with van der Waals surface area (Å²) in [6, 6.07) is 11.0. The number of ether oxygens (including phenoxy) is 6. The van der Waals surface area contributed by atoms with Crippen LogP contribution in [0, 0.1) is 0 Å². The van der Waals surface area contributed by atoms with Crippen LogP contribution in [0.15, 0.2) is 36.4 Å². The monoisotopic (exact) mass is 486 g/mol. The number of methoxy groups -OCH3 is 3. The van der Waals surface area contributed by atoms with Crippen molar-refractivity contribution in [2.24, 2.45) is 0 Å². The van der Waals surface area contributed by atoms with Gasteiger partial charge < -0.3 is 33.3 Å². The Labute approximate surface area is 206 Å². The number of carbonyl (C=O) groups is 1. The van der Waals surface area contributed by atoms with Crippen molar-refractivity contribution in [3.8, 4) is 28.7 Å². The summed E-state index contributed by atoms with van der Waals surface area (Å²) in [5.41, 5.74) is 0.365. The molecule has 2 aromatic rings. The lowest BCUT2D eigenvalue weighted by atomic mass is 10.2. The van der Waals surface area contributed by atoms with E-state index >= 15 is 0 Å². The fourth-order valence-electron chi connectivity index (χ4n) is 4.37. The predicted octanol–water partition coefficient (Wildman–Crippen LogP) is 2.72. The number of fused-ring (bicyclic) bond motifs is 1. The van der Waals surface area contributed by atoms with Gasteiger partial charge in [0.1, 0.15) is 12.7 Å². The van der Waals surface area contributed by atoms with Gasteiger partial charge in [0.2, 0.25) is 5.75 Å². The largest absolute Gasteiger partial charge is 0.493 e. The number of piperazine rings is 1. The average Bonchev–Trinajstić information content (AvgIpc) is 2.90. The fraction of sp³-hybridized carbons (Fsp3) is 0.500. The smallest absolute Gasteiger partial charge is 0.338 e. The molecule has 2 aromatic carbocycles. The zero-order chi connectivity index (χ0) is 24.6. The summed E-state index contributed by atoms with van der Waals surface area (Å²) < 4.78 is 33.3. The van der Waals surface area contributed by atoms with Crippen molar-refractivity contribution in [3.05, 3.63) is 42.0 Å². The molecule has 2 aliphatic rings. The highest BCUT2D eigenvalue weighted by Gasteiger charge is 2.25. The number of benzene rings is 2. The lowest BCUT2D eigenvalue weighted by Crippen LogP contribution is -2.50. The normalized spacial score (nSPS) is 18.1. The summed E-state index contributed by atoms with van der Waals surface area (Å²) >= 11 is 0. The van der Waals surface area contributed by atoms with Gasteiger partial charge in [0, 0.05) is 39.3 Å². The first kappa shape index (κ1) is 24.9. The summed E-state index contributed by atoms with van der Waals surface area (Å²) in [7, 11) is 4.55. The standard InChI is InChI=1S/C26H34N2O7/c1-30-23-15-19(16-24(31-2)25(23)32-3)26(29)33-14-6-9-27-10-12-28(13-11-27)17-20-18-34-21-7-4-5-8-22(21)35-20/h4-5,7-8,15-16,20H,6,9-14,17-18H2,1-3H3. The van der Waals surface area contributed by atoms with Gasteiger partial charge in [-0.15, -0.1) is 0 Å². The summed E-state index contributed by atoms with van der Waals surface area (Å²) in [6.45, 7) is 6.58. The van der Waals surface area contributed by atoms with Gasteiger partial charge in [0.15, 0.2) is 23.0 Å². The van der Waals surface area contributed by atoms with Gasteiger partial charge in [-0.1, -0.05) is 12.1 Å². The van der Waals surface area contributed by atoms with E-state index in [1.165, 1.54) is 21.3 Å². The summed E-state index contributed by atoms with van der Waals surface area (Å²) in [4.78, 5) is 17.3.